The number of carbonyl (C=O) groups is 2. The number of ether oxygens (including phenoxy) is 1. The zero-order chi connectivity index (χ0) is 23.4. The van der Waals surface area contributed by atoms with Crippen LogP contribution >= 0.6 is 0 Å². The Balaban J connectivity index is 1.81. The van der Waals surface area contributed by atoms with Crippen LogP contribution in [0.3, 0.4) is 0 Å². The van der Waals surface area contributed by atoms with Crippen LogP contribution in [0.2, 0.25) is 0 Å². The third-order valence-electron chi connectivity index (χ3n) is 5.61. The van der Waals surface area contributed by atoms with Crippen LogP contribution in [-0.4, -0.2) is 55.7 Å². The fourth-order valence-corrected chi connectivity index (χ4v) is 4.17. The molecule has 0 spiro atoms. The van der Waals surface area contributed by atoms with Gasteiger partial charge in [0.2, 0.25) is 11.9 Å². The van der Waals surface area contributed by atoms with Crippen molar-refractivity contribution in [1.82, 2.24) is 24.6 Å². The van der Waals surface area contributed by atoms with Gasteiger partial charge in [0.25, 0.3) is 5.91 Å². The molecule has 1 aliphatic heterocycles. The Hall–Kier alpha value is -3.75. The Morgan fingerprint density at radius 1 is 1.24 bits per heavy atom. The molecule has 1 saturated heterocycles. The van der Waals surface area contributed by atoms with Gasteiger partial charge in [-0.05, 0) is 57.4 Å². The van der Waals surface area contributed by atoms with E-state index in [1.807, 2.05) is 36.6 Å². The minimum atomic E-state index is -0.333. The van der Waals surface area contributed by atoms with E-state index in [4.69, 9.17) is 9.72 Å². The van der Waals surface area contributed by atoms with E-state index in [2.05, 4.69) is 22.1 Å². The van der Waals surface area contributed by atoms with Crippen LogP contribution in [0.4, 0.5) is 5.95 Å². The van der Waals surface area contributed by atoms with Crippen molar-refractivity contribution in [3.8, 4) is 5.75 Å². The number of nitrogens with one attached hydrogen (secondary N) is 1. The molecule has 0 saturated carbocycles. The van der Waals surface area contributed by atoms with Gasteiger partial charge in [0.1, 0.15) is 11.3 Å². The number of aromatic nitrogens is 4. The van der Waals surface area contributed by atoms with Gasteiger partial charge < -0.3 is 14.2 Å². The van der Waals surface area contributed by atoms with Gasteiger partial charge >= 0.3 is 0 Å². The van der Waals surface area contributed by atoms with Crippen molar-refractivity contribution < 1.29 is 14.3 Å². The van der Waals surface area contributed by atoms with Crippen LogP contribution in [-0.2, 0) is 4.79 Å². The monoisotopic (exact) mass is 448 g/mol. The van der Waals surface area contributed by atoms with E-state index in [0.717, 1.165) is 24.8 Å². The smallest absolute Gasteiger partial charge is 0.259 e. The summed E-state index contributed by atoms with van der Waals surface area (Å²) in [5, 5.41) is 10.5. The number of benzene rings is 1. The molecule has 3 heterocycles. The highest BCUT2D eigenvalue weighted by atomic mass is 16.5. The highest BCUT2D eigenvalue weighted by Crippen LogP contribution is 2.35. The highest BCUT2D eigenvalue weighted by molar-refractivity contribution is 6.04. The van der Waals surface area contributed by atoms with Crippen molar-refractivity contribution in [2.75, 3.05) is 18.4 Å². The Kier molecular flexibility index (Phi) is 6.67. The van der Waals surface area contributed by atoms with E-state index in [1.54, 1.807) is 11.0 Å². The van der Waals surface area contributed by atoms with E-state index in [-0.39, 0.29) is 24.0 Å². The maximum atomic E-state index is 12.9. The third-order valence-corrected chi connectivity index (χ3v) is 5.61. The van der Waals surface area contributed by atoms with Crippen molar-refractivity contribution in [2.24, 2.45) is 0 Å². The Morgan fingerprint density at radius 2 is 2.09 bits per heavy atom. The predicted octanol–water partition coefficient (Wildman–Crippen LogP) is 3.61. The molecule has 33 heavy (non-hydrogen) atoms. The molecule has 1 aliphatic rings. The fourth-order valence-electron chi connectivity index (χ4n) is 4.17. The molecule has 9 nitrogen and oxygen atoms in total. The molecule has 1 aromatic carbocycles. The number of rotatable bonds is 6. The molecule has 1 atom stereocenters. The van der Waals surface area contributed by atoms with Crippen LogP contribution in [0, 0.1) is 0 Å². The first-order valence-electron chi connectivity index (χ1n) is 11.1. The van der Waals surface area contributed by atoms with Crippen LogP contribution < -0.4 is 10.1 Å². The summed E-state index contributed by atoms with van der Waals surface area (Å²) >= 11 is 0. The summed E-state index contributed by atoms with van der Waals surface area (Å²) < 4.78 is 8.11. The number of likely N-dealkylation sites (tertiary alicyclic amines) is 1. The summed E-state index contributed by atoms with van der Waals surface area (Å²) in [4.78, 5) is 31.9. The van der Waals surface area contributed by atoms with Crippen LogP contribution in [0.25, 0.3) is 11.0 Å². The number of para-hydroxylation sites is 1. The average Bonchev–Trinajstić information content (AvgIpc) is 3.00. The lowest BCUT2D eigenvalue weighted by atomic mass is 10.1. The summed E-state index contributed by atoms with van der Waals surface area (Å²) in [5.74, 6) is 0.662. The maximum absolute atomic E-state index is 12.9. The molecule has 0 bridgehead atoms. The maximum Gasteiger partial charge on any atom is 0.259 e. The second-order valence-corrected chi connectivity index (χ2v) is 8.32. The van der Waals surface area contributed by atoms with Crippen molar-refractivity contribution in [2.45, 2.75) is 45.3 Å². The molecule has 3 aromatic rings. The van der Waals surface area contributed by atoms with Gasteiger partial charge in [-0.3, -0.25) is 14.9 Å². The summed E-state index contributed by atoms with van der Waals surface area (Å²) in [6.07, 6.45) is 6.88. The average molecular weight is 449 g/mol. The number of nitrogens with zero attached hydrogens (tertiary/aromatic N) is 5. The van der Waals surface area contributed by atoms with Gasteiger partial charge in [0.05, 0.1) is 35.6 Å². The third kappa shape index (κ3) is 4.87. The topological polar surface area (TPSA) is 102 Å². The Morgan fingerprint density at radius 3 is 2.82 bits per heavy atom. The number of hydrogen-bond donors (Lipinski definition) is 1. The fraction of sp³-hybridized carbons (Fsp3) is 0.375. The highest BCUT2D eigenvalue weighted by Gasteiger charge is 2.28. The molecule has 1 unspecified atom stereocenters. The Bertz CT molecular complexity index is 1160. The predicted molar refractivity (Wildman–Crippen MR) is 125 cm³/mol. The standard InChI is InChI=1S/C24H28N6O3/c1-4-21(31)29-13-6-5-8-18(15-29)30-22-19(9-7-10-20(22)33-16(2)3)27-24(30)28-23(32)17-11-12-25-26-14-17/h4,7,9-12,14,16,18H,1,5-6,8,13,15H2,2-3H3,(H,27,28,32). The quantitative estimate of drug-likeness (QED) is 0.578. The van der Waals surface area contributed by atoms with E-state index < -0.39 is 0 Å². The number of fused-ring (bicyclic) bond motifs is 1. The first-order valence-corrected chi connectivity index (χ1v) is 11.1. The van der Waals surface area contributed by atoms with Crippen molar-refractivity contribution in [1.29, 1.82) is 0 Å². The van der Waals surface area contributed by atoms with Crippen LogP contribution in [0.5, 0.6) is 5.75 Å². The molecular formula is C24H28N6O3. The lowest BCUT2D eigenvalue weighted by molar-refractivity contribution is -0.126. The molecule has 4 rings (SSSR count). The largest absolute Gasteiger partial charge is 0.489 e. The van der Waals surface area contributed by atoms with Crippen LogP contribution in [0.15, 0.2) is 49.3 Å². The molecule has 172 valence electrons. The molecule has 9 heteroatoms. The zero-order valence-electron chi connectivity index (χ0n) is 18.9. The molecular weight excluding hydrogens is 420 g/mol. The second-order valence-electron chi connectivity index (χ2n) is 8.32. The molecule has 1 N–H and O–H groups in total. The van der Waals surface area contributed by atoms with E-state index >= 15 is 0 Å². The number of hydrogen-bond acceptors (Lipinski definition) is 6. The van der Waals surface area contributed by atoms with Gasteiger partial charge in [-0.25, -0.2) is 4.98 Å². The van der Waals surface area contributed by atoms with Crippen molar-refractivity contribution >= 4 is 28.8 Å². The Labute approximate surface area is 192 Å². The van der Waals surface area contributed by atoms with Gasteiger partial charge in [-0.15, -0.1) is 0 Å². The molecule has 2 aromatic heterocycles. The lowest BCUT2D eigenvalue weighted by Gasteiger charge is -2.26. The van der Waals surface area contributed by atoms with Crippen molar-refractivity contribution in [3.05, 3.63) is 54.9 Å². The summed E-state index contributed by atoms with van der Waals surface area (Å²) in [5.41, 5.74) is 1.89. The SMILES string of the molecule is C=CC(=O)N1CCCCC(n2c(NC(=O)c3ccnnc3)nc3cccc(OC(C)C)c32)C1. The normalized spacial score (nSPS) is 16.5. The van der Waals surface area contributed by atoms with E-state index in [0.29, 0.717) is 35.9 Å². The minimum Gasteiger partial charge on any atom is -0.489 e. The molecule has 2 amide bonds. The number of imidazole rings is 1. The van der Waals surface area contributed by atoms with Crippen LogP contribution in [0.1, 0.15) is 49.5 Å². The summed E-state index contributed by atoms with van der Waals surface area (Å²) in [6.45, 7) is 8.74. The second kappa shape index (κ2) is 9.81. The van der Waals surface area contributed by atoms with Gasteiger partial charge in [0, 0.05) is 13.1 Å². The zero-order valence-corrected chi connectivity index (χ0v) is 18.9. The molecule has 0 radical (unpaired) electrons. The number of anilines is 1. The lowest BCUT2D eigenvalue weighted by Crippen LogP contribution is -2.34. The van der Waals surface area contributed by atoms with Gasteiger partial charge in [0.15, 0.2) is 0 Å². The number of amides is 2. The number of carbonyl (C=O) groups excluding carboxylic acids is 2. The van der Waals surface area contributed by atoms with E-state index in [1.165, 1.54) is 18.5 Å². The van der Waals surface area contributed by atoms with Crippen molar-refractivity contribution in [3.63, 3.8) is 0 Å². The van der Waals surface area contributed by atoms with E-state index in [9.17, 15) is 9.59 Å². The summed E-state index contributed by atoms with van der Waals surface area (Å²) in [6, 6.07) is 7.19. The first-order chi connectivity index (χ1) is 16.0. The molecule has 1 fully saturated rings. The first kappa shape index (κ1) is 22.4. The molecule has 0 aliphatic carbocycles. The summed E-state index contributed by atoms with van der Waals surface area (Å²) in [7, 11) is 0. The van der Waals surface area contributed by atoms with Gasteiger partial charge in [-0.1, -0.05) is 12.6 Å². The minimum absolute atomic E-state index is 0.0344. The van der Waals surface area contributed by atoms with Gasteiger partial charge in [-0.2, -0.15) is 10.2 Å².